The van der Waals surface area contributed by atoms with Crippen LogP contribution in [0, 0.1) is 0 Å². The molecule has 1 atom stereocenters. The highest BCUT2D eigenvalue weighted by atomic mass is 16.2. The van der Waals surface area contributed by atoms with E-state index in [1.54, 1.807) is 12.4 Å². The van der Waals surface area contributed by atoms with Gasteiger partial charge in [0.2, 0.25) is 5.91 Å². The number of anilines is 2. The predicted octanol–water partition coefficient (Wildman–Crippen LogP) is 4.16. The van der Waals surface area contributed by atoms with Crippen molar-refractivity contribution < 1.29 is 4.79 Å². The fraction of sp³-hybridized carbons (Fsp3) is 0.208. The zero-order valence-electron chi connectivity index (χ0n) is 16.4. The first kappa shape index (κ1) is 17.2. The summed E-state index contributed by atoms with van der Waals surface area (Å²) in [6.07, 6.45) is 6.50. The molecule has 6 rings (SSSR count). The third kappa shape index (κ3) is 2.84. The number of rotatable bonds is 4. The van der Waals surface area contributed by atoms with Crippen molar-refractivity contribution in [3.63, 3.8) is 0 Å². The SMILES string of the molecule is O=C1Nc2cc3[nH]nc(-c4ccncc4)c3cc2N(C2CC2)C1Cc1ccccc1. The Bertz CT molecular complexity index is 1230. The van der Waals surface area contributed by atoms with Crippen LogP contribution in [-0.2, 0) is 11.2 Å². The summed E-state index contributed by atoms with van der Waals surface area (Å²) in [4.78, 5) is 19.5. The molecule has 1 unspecified atom stereocenters. The normalized spacial score (nSPS) is 18.3. The van der Waals surface area contributed by atoms with Gasteiger partial charge in [-0.05, 0) is 42.7 Å². The van der Waals surface area contributed by atoms with Gasteiger partial charge < -0.3 is 10.2 Å². The van der Waals surface area contributed by atoms with E-state index in [4.69, 9.17) is 0 Å². The topological polar surface area (TPSA) is 73.9 Å². The summed E-state index contributed by atoms with van der Waals surface area (Å²) in [5.41, 5.74) is 5.96. The molecule has 6 heteroatoms. The number of aromatic nitrogens is 3. The standard InChI is InChI=1S/C24H21N5O/c30-24-22(12-15-4-2-1-3-5-15)29(17-6-7-17)21-13-18-19(14-20(21)26-24)27-28-23(18)16-8-10-25-11-9-16/h1-5,8-11,13-14,17,22H,6-7,12H2,(H,26,30)(H,27,28). The van der Waals surface area contributed by atoms with E-state index >= 15 is 0 Å². The molecule has 2 aromatic carbocycles. The Balaban J connectivity index is 1.47. The Morgan fingerprint density at radius 3 is 2.60 bits per heavy atom. The van der Waals surface area contributed by atoms with Gasteiger partial charge in [0.05, 0.1) is 16.9 Å². The number of nitrogens with one attached hydrogen (secondary N) is 2. The second-order valence-corrected chi connectivity index (χ2v) is 8.06. The molecule has 3 heterocycles. The fourth-order valence-electron chi connectivity index (χ4n) is 4.44. The molecular formula is C24H21N5O. The molecular weight excluding hydrogens is 374 g/mol. The van der Waals surface area contributed by atoms with Crippen LogP contribution < -0.4 is 10.2 Å². The zero-order chi connectivity index (χ0) is 20.1. The third-order valence-corrected chi connectivity index (χ3v) is 6.02. The molecule has 1 aliphatic carbocycles. The molecule has 2 aliphatic rings. The monoisotopic (exact) mass is 395 g/mol. The first-order chi connectivity index (χ1) is 14.8. The molecule has 1 aliphatic heterocycles. The molecule has 148 valence electrons. The second kappa shape index (κ2) is 6.69. The first-order valence-electron chi connectivity index (χ1n) is 10.3. The fourth-order valence-corrected chi connectivity index (χ4v) is 4.44. The lowest BCUT2D eigenvalue weighted by atomic mass is 9.98. The summed E-state index contributed by atoms with van der Waals surface area (Å²) in [6, 6.07) is 18.6. The maximum Gasteiger partial charge on any atom is 0.247 e. The van der Waals surface area contributed by atoms with E-state index in [-0.39, 0.29) is 11.9 Å². The Morgan fingerprint density at radius 2 is 1.83 bits per heavy atom. The minimum Gasteiger partial charge on any atom is -0.354 e. The molecule has 0 saturated heterocycles. The Kier molecular flexibility index (Phi) is 3.84. The summed E-state index contributed by atoms with van der Waals surface area (Å²) < 4.78 is 0. The highest BCUT2D eigenvalue weighted by Crippen LogP contribution is 2.44. The summed E-state index contributed by atoms with van der Waals surface area (Å²) >= 11 is 0. The average molecular weight is 395 g/mol. The number of carbonyl (C=O) groups is 1. The van der Waals surface area contributed by atoms with Gasteiger partial charge in [0, 0.05) is 35.8 Å². The van der Waals surface area contributed by atoms with Crippen LogP contribution in [0.4, 0.5) is 11.4 Å². The minimum atomic E-state index is -0.207. The van der Waals surface area contributed by atoms with Crippen molar-refractivity contribution in [3.05, 3.63) is 72.6 Å². The van der Waals surface area contributed by atoms with Crippen LogP contribution in [0.2, 0.25) is 0 Å². The van der Waals surface area contributed by atoms with Crippen LogP contribution in [0.15, 0.2) is 67.0 Å². The van der Waals surface area contributed by atoms with Gasteiger partial charge in [0.1, 0.15) is 11.7 Å². The van der Waals surface area contributed by atoms with Gasteiger partial charge in [0.25, 0.3) is 0 Å². The van der Waals surface area contributed by atoms with E-state index < -0.39 is 0 Å². The summed E-state index contributed by atoms with van der Waals surface area (Å²) in [5.74, 6) is 0.0616. The highest BCUT2D eigenvalue weighted by molar-refractivity contribution is 6.08. The number of amides is 1. The van der Waals surface area contributed by atoms with E-state index in [1.165, 1.54) is 5.56 Å². The maximum absolute atomic E-state index is 13.1. The summed E-state index contributed by atoms with van der Waals surface area (Å²) in [7, 11) is 0. The lowest BCUT2D eigenvalue weighted by molar-refractivity contribution is -0.117. The number of hydrogen-bond acceptors (Lipinski definition) is 4. The van der Waals surface area contributed by atoms with Crippen LogP contribution >= 0.6 is 0 Å². The van der Waals surface area contributed by atoms with Crippen LogP contribution in [-0.4, -0.2) is 33.2 Å². The Morgan fingerprint density at radius 1 is 1.03 bits per heavy atom. The Hall–Kier alpha value is -3.67. The van der Waals surface area contributed by atoms with E-state index in [2.05, 4.69) is 43.6 Å². The molecule has 4 aromatic rings. The Labute approximate surface area is 173 Å². The van der Waals surface area contributed by atoms with E-state index in [9.17, 15) is 4.79 Å². The molecule has 30 heavy (non-hydrogen) atoms. The van der Waals surface area contributed by atoms with Crippen LogP contribution in [0.1, 0.15) is 18.4 Å². The van der Waals surface area contributed by atoms with Crippen LogP contribution in [0.25, 0.3) is 22.2 Å². The van der Waals surface area contributed by atoms with Gasteiger partial charge in [-0.2, -0.15) is 5.10 Å². The average Bonchev–Trinajstić information content (AvgIpc) is 3.53. The van der Waals surface area contributed by atoms with Crippen molar-refractivity contribution in [1.82, 2.24) is 15.2 Å². The van der Waals surface area contributed by atoms with E-state index in [0.717, 1.165) is 46.4 Å². The van der Waals surface area contributed by atoms with Crippen molar-refractivity contribution in [2.45, 2.75) is 31.3 Å². The smallest absolute Gasteiger partial charge is 0.247 e. The highest BCUT2D eigenvalue weighted by Gasteiger charge is 2.41. The molecule has 1 amide bonds. The predicted molar refractivity (Wildman–Crippen MR) is 117 cm³/mol. The largest absolute Gasteiger partial charge is 0.354 e. The van der Waals surface area contributed by atoms with E-state index in [0.29, 0.717) is 12.5 Å². The van der Waals surface area contributed by atoms with Gasteiger partial charge in [-0.3, -0.25) is 14.9 Å². The molecule has 0 spiro atoms. The summed E-state index contributed by atoms with van der Waals surface area (Å²) in [6.45, 7) is 0. The van der Waals surface area contributed by atoms with Gasteiger partial charge in [-0.1, -0.05) is 30.3 Å². The third-order valence-electron chi connectivity index (χ3n) is 6.02. The van der Waals surface area contributed by atoms with Gasteiger partial charge in [-0.25, -0.2) is 0 Å². The lowest BCUT2D eigenvalue weighted by Gasteiger charge is -2.38. The molecule has 0 radical (unpaired) electrons. The first-order valence-corrected chi connectivity index (χ1v) is 10.3. The maximum atomic E-state index is 13.1. The second-order valence-electron chi connectivity index (χ2n) is 8.06. The van der Waals surface area contributed by atoms with Gasteiger partial charge in [-0.15, -0.1) is 0 Å². The summed E-state index contributed by atoms with van der Waals surface area (Å²) in [5, 5.41) is 11.9. The number of aromatic amines is 1. The van der Waals surface area contributed by atoms with Crippen molar-refractivity contribution in [2.24, 2.45) is 0 Å². The van der Waals surface area contributed by atoms with Crippen molar-refractivity contribution in [2.75, 3.05) is 10.2 Å². The number of nitrogens with zero attached hydrogens (tertiary/aromatic N) is 3. The minimum absolute atomic E-state index is 0.0616. The van der Waals surface area contributed by atoms with Gasteiger partial charge >= 0.3 is 0 Å². The lowest BCUT2D eigenvalue weighted by Crippen LogP contribution is -2.50. The van der Waals surface area contributed by atoms with Crippen molar-refractivity contribution in [3.8, 4) is 11.3 Å². The van der Waals surface area contributed by atoms with E-state index in [1.807, 2.05) is 36.4 Å². The van der Waals surface area contributed by atoms with Crippen LogP contribution in [0.5, 0.6) is 0 Å². The van der Waals surface area contributed by atoms with Crippen molar-refractivity contribution >= 4 is 28.2 Å². The quantitative estimate of drug-likeness (QED) is 0.544. The zero-order valence-corrected chi connectivity index (χ0v) is 16.4. The van der Waals surface area contributed by atoms with Crippen LogP contribution in [0.3, 0.4) is 0 Å². The number of benzene rings is 2. The number of fused-ring (bicyclic) bond motifs is 2. The molecule has 0 bridgehead atoms. The molecule has 2 aromatic heterocycles. The molecule has 6 nitrogen and oxygen atoms in total. The number of hydrogen-bond donors (Lipinski definition) is 2. The van der Waals surface area contributed by atoms with Gasteiger partial charge in [0.15, 0.2) is 0 Å². The molecule has 1 fully saturated rings. The number of carbonyl (C=O) groups excluding carboxylic acids is 1. The van der Waals surface area contributed by atoms with Crippen molar-refractivity contribution in [1.29, 1.82) is 0 Å². The molecule has 2 N–H and O–H groups in total. The molecule has 1 saturated carbocycles. The number of pyridine rings is 1. The number of H-pyrrole nitrogens is 1.